The molecule has 0 unspecified atom stereocenters. The maximum absolute atomic E-state index is 13.8. The Balaban J connectivity index is 1.71. The molecule has 1 amide bonds. The van der Waals surface area contributed by atoms with E-state index in [1.807, 2.05) is 0 Å². The lowest BCUT2D eigenvalue weighted by Crippen LogP contribution is -2.21. The number of H-pyrrole nitrogens is 1. The van der Waals surface area contributed by atoms with Crippen LogP contribution in [0, 0.1) is 0 Å². The zero-order valence-corrected chi connectivity index (χ0v) is 17.4. The van der Waals surface area contributed by atoms with Crippen molar-refractivity contribution in [2.45, 2.75) is 12.3 Å². The van der Waals surface area contributed by atoms with Gasteiger partial charge in [0.1, 0.15) is 29.8 Å². The van der Waals surface area contributed by atoms with Crippen LogP contribution in [0.4, 0.5) is 18.3 Å². The number of benzene rings is 1. The molecule has 4 aromatic rings. The number of carbonyl (C=O) groups excluding carboxylic acids is 1. The summed E-state index contributed by atoms with van der Waals surface area (Å²) in [5, 5.41) is 22.8. The summed E-state index contributed by atoms with van der Waals surface area (Å²) >= 11 is 1.21. The number of alkyl halides is 3. The van der Waals surface area contributed by atoms with Crippen molar-refractivity contribution in [3.05, 3.63) is 53.3 Å². The van der Waals surface area contributed by atoms with Crippen LogP contribution < -0.4 is 10.1 Å². The fourth-order valence-electron chi connectivity index (χ4n) is 2.98. The Bertz CT molecular complexity index is 1280. The van der Waals surface area contributed by atoms with Crippen molar-refractivity contribution in [1.29, 1.82) is 0 Å². The number of hydrogen-bond donors (Lipinski definition) is 4. The van der Waals surface area contributed by atoms with Crippen LogP contribution in [0.3, 0.4) is 0 Å². The molecule has 3 heterocycles. The first kappa shape index (κ1) is 22.6. The number of aliphatic hydroxyl groups is 2. The molecule has 172 valence electrons. The minimum absolute atomic E-state index is 0.0664. The van der Waals surface area contributed by atoms with Gasteiger partial charge in [-0.2, -0.15) is 13.2 Å². The van der Waals surface area contributed by atoms with Crippen LogP contribution in [0.5, 0.6) is 5.75 Å². The Labute approximate surface area is 187 Å². The predicted molar refractivity (Wildman–Crippen MR) is 113 cm³/mol. The van der Waals surface area contributed by atoms with Gasteiger partial charge in [0.2, 0.25) is 0 Å². The van der Waals surface area contributed by atoms with Crippen LogP contribution in [0.25, 0.3) is 22.4 Å². The summed E-state index contributed by atoms with van der Waals surface area (Å²) < 4.78 is 46.5. The number of hydrogen-bond acceptors (Lipinski definition) is 8. The highest BCUT2D eigenvalue weighted by atomic mass is 32.1. The van der Waals surface area contributed by atoms with Crippen LogP contribution in [-0.4, -0.2) is 55.4 Å². The second-order valence-corrected chi connectivity index (χ2v) is 7.71. The second-order valence-electron chi connectivity index (χ2n) is 6.81. The summed E-state index contributed by atoms with van der Waals surface area (Å²) in [5.41, 5.74) is -0.805. The summed E-state index contributed by atoms with van der Waals surface area (Å²) in [6, 6.07) is 3.24. The van der Waals surface area contributed by atoms with Crippen LogP contribution in [-0.2, 0) is 6.18 Å². The molecule has 1 atom stereocenters. The van der Waals surface area contributed by atoms with E-state index in [9.17, 15) is 23.1 Å². The number of anilines is 1. The summed E-state index contributed by atoms with van der Waals surface area (Å²) in [6.07, 6.45) is -1.83. The third-order valence-corrected chi connectivity index (χ3v) is 5.18. The molecule has 4 N–H and O–H groups in total. The topological polar surface area (TPSA) is 133 Å². The number of fused-ring (bicyclic) bond motifs is 1. The van der Waals surface area contributed by atoms with E-state index in [2.05, 4.69) is 25.3 Å². The first-order valence-corrected chi connectivity index (χ1v) is 10.3. The number of thiazole rings is 1. The Morgan fingerprint density at radius 1 is 1.30 bits per heavy atom. The Hall–Kier alpha value is -3.55. The summed E-state index contributed by atoms with van der Waals surface area (Å²) in [7, 11) is 0. The van der Waals surface area contributed by atoms with Gasteiger partial charge in [0.05, 0.1) is 29.4 Å². The molecule has 4 rings (SSSR count). The van der Waals surface area contributed by atoms with E-state index in [1.54, 1.807) is 5.38 Å². The number of amides is 1. The molecule has 1 aromatic carbocycles. The van der Waals surface area contributed by atoms with Gasteiger partial charge in [-0.3, -0.25) is 15.1 Å². The molecule has 0 aliphatic rings. The molecule has 0 fully saturated rings. The monoisotopic (exact) mass is 479 g/mol. The normalized spacial score (nSPS) is 12.6. The first-order valence-electron chi connectivity index (χ1n) is 9.44. The number of aliphatic hydroxyl groups excluding tert-OH is 2. The number of rotatable bonds is 7. The molecular formula is C20H16F3N5O4S. The fourth-order valence-corrected chi connectivity index (χ4v) is 3.50. The van der Waals surface area contributed by atoms with E-state index >= 15 is 0 Å². The Kier molecular flexibility index (Phi) is 6.26. The average Bonchev–Trinajstić information content (AvgIpc) is 3.46. The SMILES string of the molecule is O=C(Nc1nccs1)c1cncc2[nH]c(-c3ccc(OC[C@H](O)CO)cc3C(F)(F)F)nc12. The minimum Gasteiger partial charge on any atom is -0.491 e. The molecule has 0 aliphatic heterocycles. The lowest BCUT2D eigenvalue weighted by molar-refractivity contribution is -0.137. The Morgan fingerprint density at radius 2 is 2.12 bits per heavy atom. The summed E-state index contributed by atoms with van der Waals surface area (Å²) in [6.45, 7) is -0.962. The van der Waals surface area contributed by atoms with E-state index in [0.717, 1.165) is 6.07 Å². The van der Waals surface area contributed by atoms with Crippen LogP contribution in [0.2, 0.25) is 0 Å². The number of aromatic nitrogens is 4. The van der Waals surface area contributed by atoms with Crippen molar-refractivity contribution in [2.24, 2.45) is 0 Å². The average molecular weight is 479 g/mol. The second kappa shape index (κ2) is 9.13. The van der Waals surface area contributed by atoms with Crippen molar-refractivity contribution in [2.75, 3.05) is 18.5 Å². The van der Waals surface area contributed by atoms with Gasteiger partial charge in [-0.25, -0.2) is 9.97 Å². The summed E-state index contributed by atoms with van der Waals surface area (Å²) in [5.74, 6) is -0.807. The van der Waals surface area contributed by atoms with E-state index in [-0.39, 0.29) is 40.3 Å². The van der Waals surface area contributed by atoms with Crippen LogP contribution in [0.1, 0.15) is 15.9 Å². The van der Waals surface area contributed by atoms with Crippen molar-refractivity contribution in [1.82, 2.24) is 19.9 Å². The van der Waals surface area contributed by atoms with Gasteiger partial charge in [0.25, 0.3) is 5.91 Å². The molecule has 0 radical (unpaired) electrons. The molecule has 3 aromatic heterocycles. The van der Waals surface area contributed by atoms with Crippen molar-refractivity contribution < 1.29 is 32.9 Å². The number of ether oxygens (including phenoxy) is 1. The van der Waals surface area contributed by atoms with Gasteiger partial charge in [-0.15, -0.1) is 11.3 Å². The maximum Gasteiger partial charge on any atom is 0.417 e. The van der Waals surface area contributed by atoms with Crippen molar-refractivity contribution >= 4 is 33.4 Å². The number of halogens is 3. The highest BCUT2D eigenvalue weighted by Crippen LogP contribution is 2.39. The van der Waals surface area contributed by atoms with Crippen molar-refractivity contribution in [3.63, 3.8) is 0 Å². The lowest BCUT2D eigenvalue weighted by atomic mass is 10.1. The highest BCUT2D eigenvalue weighted by Gasteiger charge is 2.35. The van der Waals surface area contributed by atoms with Gasteiger partial charge >= 0.3 is 6.18 Å². The van der Waals surface area contributed by atoms with E-state index < -0.39 is 30.4 Å². The molecule has 0 aliphatic carbocycles. The third-order valence-electron chi connectivity index (χ3n) is 4.50. The molecule has 0 bridgehead atoms. The number of carbonyl (C=O) groups is 1. The quantitative estimate of drug-likeness (QED) is 0.320. The van der Waals surface area contributed by atoms with Crippen LogP contribution >= 0.6 is 11.3 Å². The Morgan fingerprint density at radius 3 is 2.82 bits per heavy atom. The van der Waals surface area contributed by atoms with Crippen molar-refractivity contribution in [3.8, 4) is 17.1 Å². The summed E-state index contributed by atoms with van der Waals surface area (Å²) in [4.78, 5) is 27.6. The molecule has 13 heteroatoms. The molecule has 0 spiro atoms. The van der Waals surface area contributed by atoms with Gasteiger partial charge in [-0.05, 0) is 18.2 Å². The van der Waals surface area contributed by atoms with E-state index in [4.69, 9.17) is 9.84 Å². The smallest absolute Gasteiger partial charge is 0.417 e. The third kappa shape index (κ3) is 4.94. The first-order chi connectivity index (χ1) is 15.8. The number of aromatic amines is 1. The number of pyridine rings is 1. The molecular weight excluding hydrogens is 463 g/mol. The number of nitrogens with one attached hydrogen (secondary N) is 2. The highest BCUT2D eigenvalue weighted by molar-refractivity contribution is 7.13. The van der Waals surface area contributed by atoms with Gasteiger partial charge in [-0.1, -0.05) is 0 Å². The lowest BCUT2D eigenvalue weighted by Gasteiger charge is -2.15. The number of nitrogens with zero attached hydrogens (tertiary/aromatic N) is 3. The predicted octanol–water partition coefficient (Wildman–Crippen LogP) is 3.08. The van der Waals surface area contributed by atoms with E-state index in [1.165, 1.54) is 42.1 Å². The zero-order chi connectivity index (χ0) is 23.6. The van der Waals surface area contributed by atoms with Gasteiger partial charge in [0.15, 0.2) is 5.13 Å². The molecule has 0 saturated carbocycles. The fraction of sp³-hybridized carbons (Fsp3) is 0.200. The zero-order valence-electron chi connectivity index (χ0n) is 16.6. The van der Waals surface area contributed by atoms with Crippen LogP contribution in [0.15, 0.2) is 42.2 Å². The molecule has 0 saturated heterocycles. The molecule has 9 nitrogen and oxygen atoms in total. The van der Waals surface area contributed by atoms with E-state index in [0.29, 0.717) is 5.13 Å². The molecule has 33 heavy (non-hydrogen) atoms. The maximum atomic E-state index is 13.8. The largest absolute Gasteiger partial charge is 0.491 e. The standard InChI is InChI=1S/C20H16F3N5O4S/c21-20(22,23)14-5-11(32-9-10(30)8-29)1-2-12(14)17-26-15-7-24-6-13(16(15)27-17)18(31)28-19-25-3-4-33-19/h1-7,10,29-30H,8-9H2,(H,26,27)(H,25,28,31)/t10-/m1/s1. The van der Waals surface area contributed by atoms with Gasteiger partial charge < -0.3 is 19.9 Å². The number of imidazole rings is 1. The van der Waals surface area contributed by atoms with Gasteiger partial charge in [0, 0.05) is 23.3 Å². The minimum atomic E-state index is -4.74.